The maximum absolute atomic E-state index is 3.95. The zero-order chi connectivity index (χ0) is 5.33. The lowest BCUT2D eigenvalue weighted by Crippen LogP contribution is -2.10. The van der Waals surface area contributed by atoms with Crippen LogP contribution in [-0.2, 0) is 0 Å². The van der Waals surface area contributed by atoms with Gasteiger partial charge in [0.25, 0.3) is 0 Å². The number of rotatable bonds is 0. The van der Waals surface area contributed by atoms with Crippen molar-refractivity contribution in [2.24, 2.45) is 0 Å². The van der Waals surface area contributed by atoms with Crippen molar-refractivity contribution in [3.63, 3.8) is 0 Å². The second kappa shape index (κ2) is 1.97. The van der Waals surface area contributed by atoms with Gasteiger partial charge in [-0.15, -0.1) is 11.8 Å². The van der Waals surface area contributed by atoms with Crippen LogP contribution in [0.4, 0.5) is 0 Å². The van der Waals surface area contributed by atoms with Gasteiger partial charge < -0.3 is 0 Å². The van der Waals surface area contributed by atoms with Crippen molar-refractivity contribution in [2.45, 2.75) is 3.42 Å². The first kappa shape index (κ1) is 5.95. The maximum Gasteiger partial charge on any atom is 0.0503 e. The molecule has 1 heterocycles. The predicted octanol–water partition coefficient (Wildman–Crippen LogP) is 2.25. The Morgan fingerprint density at radius 1 is 1.86 bits per heavy atom. The standard InChI is InChI=1S/C5H6IS/c1-5(6)2-3-7-4-5/h2-3H,1,4H2. The molecule has 0 bridgehead atoms. The Labute approximate surface area is 61.9 Å². The molecule has 0 fully saturated rings. The quantitative estimate of drug-likeness (QED) is 0.450. The summed E-state index contributed by atoms with van der Waals surface area (Å²) in [6.45, 7) is 3.95. The molecule has 0 aromatic rings. The van der Waals surface area contributed by atoms with Crippen molar-refractivity contribution < 1.29 is 0 Å². The van der Waals surface area contributed by atoms with Crippen LogP contribution in [0.15, 0.2) is 11.5 Å². The number of allylic oxidation sites excluding steroid dienone is 1. The van der Waals surface area contributed by atoms with E-state index in [4.69, 9.17) is 0 Å². The molecule has 39 valence electrons. The first-order valence-corrected chi connectivity index (χ1v) is 4.17. The van der Waals surface area contributed by atoms with E-state index >= 15 is 0 Å². The van der Waals surface area contributed by atoms with Crippen LogP contribution in [0, 0.1) is 6.92 Å². The number of hydrogen-bond acceptors (Lipinski definition) is 1. The Bertz CT molecular complexity index is 96.3. The van der Waals surface area contributed by atoms with Crippen molar-refractivity contribution in [3.8, 4) is 0 Å². The minimum Gasteiger partial charge on any atom is -0.133 e. The molecule has 0 aliphatic carbocycles. The first-order valence-electron chi connectivity index (χ1n) is 2.04. The molecule has 0 amide bonds. The van der Waals surface area contributed by atoms with Gasteiger partial charge in [-0.25, -0.2) is 0 Å². The van der Waals surface area contributed by atoms with E-state index in [1.54, 1.807) is 0 Å². The largest absolute Gasteiger partial charge is 0.133 e. The van der Waals surface area contributed by atoms with Gasteiger partial charge in [-0.05, 0) is 12.3 Å². The fourth-order valence-electron chi connectivity index (χ4n) is 0.405. The highest BCUT2D eigenvalue weighted by atomic mass is 127. The zero-order valence-electron chi connectivity index (χ0n) is 3.86. The summed E-state index contributed by atoms with van der Waals surface area (Å²) in [5, 5.41) is 2.11. The third kappa shape index (κ3) is 1.64. The molecule has 1 aliphatic rings. The Balaban J connectivity index is 2.57. The van der Waals surface area contributed by atoms with Crippen LogP contribution in [0.2, 0.25) is 0 Å². The molecule has 2 heteroatoms. The van der Waals surface area contributed by atoms with Crippen molar-refractivity contribution in [1.29, 1.82) is 0 Å². The van der Waals surface area contributed by atoms with Crippen molar-refractivity contribution in [1.82, 2.24) is 0 Å². The highest BCUT2D eigenvalue weighted by molar-refractivity contribution is 14.1. The van der Waals surface area contributed by atoms with Crippen molar-refractivity contribution in [3.05, 3.63) is 18.4 Å². The molecule has 0 aromatic carbocycles. The lowest BCUT2D eigenvalue weighted by atomic mass is 10.2. The van der Waals surface area contributed by atoms with Gasteiger partial charge in [-0.2, -0.15) is 0 Å². The third-order valence-electron chi connectivity index (χ3n) is 0.786. The van der Waals surface area contributed by atoms with E-state index in [1.807, 2.05) is 11.8 Å². The van der Waals surface area contributed by atoms with Gasteiger partial charge in [0.2, 0.25) is 0 Å². The fourth-order valence-corrected chi connectivity index (χ4v) is 2.19. The first-order chi connectivity index (χ1) is 3.21. The number of hydrogen-bond donors (Lipinski definition) is 0. The minimum absolute atomic E-state index is 0.197. The normalized spacial score (nSPS) is 39.7. The smallest absolute Gasteiger partial charge is 0.0503 e. The van der Waals surface area contributed by atoms with E-state index in [-0.39, 0.29) is 3.42 Å². The number of alkyl halides is 1. The second-order valence-electron chi connectivity index (χ2n) is 1.65. The lowest BCUT2D eigenvalue weighted by molar-refractivity contribution is 1.09. The van der Waals surface area contributed by atoms with Gasteiger partial charge in [0.05, 0.1) is 3.42 Å². The van der Waals surface area contributed by atoms with Crippen LogP contribution in [-0.4, -0.2) is 9.17 Å². The van der Waals surface area contributed by atoms with Gasteiger partial charge in [-0.1, -0.05) is 28.7 Å². The fraction of sp³-hybridized carbons (Fsp3) is 0.400. The van der Waals surface area contributed by atoms with E-state index in [0.717, 1.165) is 5.75 Å². The summed E-state index contributed by atoms with van der Waals surface area (Å²) < 4.78 is 0.197. The molecule has 0 N–H and O–H groups in total. The van der Waals surface area contributed by atoms with Crippen LogP contribution in [0.25, 0.3) is 0 Å². The van der Waals surface area contributed by atoms with Crippen LogP contribution in [0.3, 0.4) is 0 Å². The molecule has 0 spiro atoms. The topological polar surface area (TPSA) is 0 Å². The minimum atomic E-state index is 0.197. The summed E-state index contributed by atoms with van der Waals surface area (Å²) in [4.78, 5) is 0. The van der Waals surface area contributed by atoms with E-state index in [9.17, 15) is 0 Å². The van der Waals surface area contributed by atoms with E-state index in [1.165, 1.54) is 0 Å². The van der Waals surface area contributed by atoms with E-state index in [0.29, 0.717) is 0 Å². The number of thioether (sulfide) groups is 1. The molecule has 0 saturated heterocycles. The summed E-state index contributed by atoms with van der Waals surface area (Å²) in [5.74, 6) is 1.13. The van der Waals surface area contributed by atoms with Crippen molar-refractivity contribution >= 4 is 34.4 Å². The van der Waals surface area contributed by atoms with E-state index in [2.05, 4.69) is 41.0 Å². The Hall–Kier alpha value is 0.820. The average Bonchev–Trinajstić information content (AvgIpc) is 1.84. The van der Waals surface area contributed by atoms with Crippen molar-refractivity contribution in [2.75, 3.05) is 5.75 Å². The Morgan fingerprint density at radius 3 is 2.71 bits per heavy atom. The van der Waals surface area contributed by atoms with Gasteiger partial charge in [0.1, 0.15) is 0 Å². The molecule has 0 nitrogen and oxygen atoms in total. The summed E-state index contributed by atoms with van der Waals surface area (Å²) in [5.41, 5.74) is 0. The van der Waals surface area contributed by atoms with Crippen LogP contribution in [0.5, 0.6) is 0 Å². The third-order valence-corrected chi connectivity index (χ3v) is 3.06. The molecule has 0 aromatic heterocycles. The zero-order valence-corrected chi connectivity index (χ0v) is 6.83. The van der Waals surface area contributed by atoms with E-state index < -0.39 is 0 Å². The molecule has 0 saturated carbocycles. The van der Waals surface area contributed by atoms with Crippen LogP contribution in [0.1, 0.15) is 0 Å². The molecule has 1 radical (unpaired) electrons. The lowest BCUT2D eigenvalue weighted by Gasteiger charge is -2.07. The highest BCUT2D eigenvalue weighted by Crippen LogP contribution is 2.31. The van der Waals surface area contributed by atoms with Crippen LogP contribution >= 0.6 is 34.4 Å². The average molecular weight is 225 g/mol. The SMILES string of the molecule is [CH2]C1(I)C=CSC1. The number of halogens is 1. The van der Waals surface area contributed by atoms with Gasteiger partial charge in [0, 0.05) is 5.75 Å². The molecule has 1 atom stereocenters. The summed E-state index contributed by atoms with van der Waals surface area (Å²) >= 11 is 4.18. The molecular weight excluding hydrogens is 219 g/mol. The van der Waals surface area contributed by atoms with Gasteiger partial charge >= 0.3 is 0 Å². The molecule has 7 heavy (non-hydrogen) atoms. The highest BCUT2D eigenvalue weighted by Gasteiger charge is 2.19. The summed E-state index contributed by atoms with van der Waals surface area (Å²) in [7, 11) is 0. The predicted molar refractivity (Wildman–Crippen MR) is 43.7 cm³/mol. The molecule has 1 unspecified atom stereocenters. The van der Waals surface area contributed by atoms with Crippen LogP contribution < -0.4 is 0 Å². The molecule has 1 aliphatic heterocycles. The second-order valence-corrected chi connectivity index (χ2v) is 4.69. The summed E-state index contributed by atoms with van der Waals surface area (Å²) in [6.07, 6.45) is 2.14. The molecular formula is C5H6IS. The Morgan fingerprint density at radius 2 is 2.57 bits per heavy atom. The molecule has 1 rings (SSSR count). The van der Waals surface area contributed by atoms with Gasteiger partial charge in [0.15, 0.2) is 0 Å². The monoisotopic (exact) mass is 225 g/mol. The Kier molecular flexibility index (Phi) is 1.68. The van der Waals surface area contributed by atoms with Gasteiger partial charge in [-0.3, -0.25) is 0 Å². The summed E-state index contributed by atoms with van der Waals surface area (Å²) in [6, 6.07) is 0. The maximum atomic E-state index is 3.95.